The second-order valence-corrected chi connectivity index (χ2v) is 7.15. The average molecular weight is 354 g/mol. The first-order chi connectivity index (χ1) is 12.7. The number of aryl methyl sites for hydroxylation is 1. The molecule has 1 heterocycles. The maximum atomic E-state index is 9.54. The standard InChI is InChI=1S/C22H30N2O2/c1-18-6-3-4-8-20(18)16-24-12-11-23(17-21(24)10-13-25)15-19-7-5-9-22(14-19)26-2/h3-9,14,21,25H,10-13,15-17H2,1-2H3/t21-/m0/s1. The highest BCUT2D eigenvalue weighted by atomic mass is 16.5. The van der Waals surface area contributed by atoms with Crippen LogP contribution in [0.4, 0.5) is 0 Å². The SMILES string of the molecule is COc1cccc(CN2CCN(Cc3ccccc3C)[C@@H](CCO)C2)c1. The maximum absolute atomic E-state index is 9.54. The van der Waals surface area contributed by atoms with Crippen molar-refractivity contribution in [3.8, 4) is 5.75 Å². The Bertz CT molecular complexity index is 704. The Balaban J connectivity index is 1.64. The molecule has 0 aliphatic carbocycles. The van der Waals surface area contributed by atoms with Gasteiger partial charge in [0.2, 0.25) is 0 Å². The van der Waals surface area contributed by atoms with Crippen LogP contribution in [0, 0.1) is 6.92 Å². The summed E-state index contributed by atoms with van der Waals surface area (Å²) in [5, 5.41) is 9.54. The Morgan fingerprint density at radius 3 is 2.69 bits per heavy atom. The normalized spacial score (nSPS) is 18.8. The molecule has 1 atom stereocenters. The van der Waals surface area contributed by atoms with Gasteiger partial charge in [-0.15, -0.1) is 0 Å². The molecule has 0 aromatic heterocycles. The molecule has 0 amide bonds. The number of aliphatic hydroxyl groups is 1. The van der Waals surface area contributed by atoms with E-state index >= 15 is 0 Å². The van der Waals surface area contributed by atoms with Crippen LogP contribution in [0.25, 0.3) is 0 Å². The van der Waals surface area contributed by atoms with Crippen LogP contribution in [-0.2, 0) is 13.1 Å². The number of hydrogen-bond donors (Lipinski definition) is 1. The Hall–Kier alpha value is -1.88. The van der Waals surface area contributed by atoms with E-state index in [9.17, 15) is 5.11 Å². The van der Waals surface area contributed by atoms with E-state index in [1.165, 1.54) is 16.7 Å². The van der Waals surface area contributed by atoms with E-state index in [2.05, 4.69) is 53.1 Å². The first-order valence-corrected chi connectivity index (χ1v) is 9.44. The van der Waals surface area contributed by atoms with E-state index in [0.29, 0.717) is 6.04 Å². The van der Waals surface area contributed by atoms with E-state index in [1.54, 1.807) is 7.11 Å². The zero-order valence-corrected chi connectivity index (χ0v) is 15.9. The van der Waals surface area contributed by atoms with Gasteiger partial charge in [0.25, 0.3) is 0 Å². The number of nitrogens with zero attached hydrogens (tertiary/aromatic N) is 2. The number of hydrogen-bond acceptors (Lipinski definition) is 4. The van der Waals surface area contributed by atoms with Gasteiger partial charge in [-0.2, -0.15) is 0 Å². The zero-order valence-electron chi connectivity index (χ0n) is 15.9. The van der Waals surface area contributed by atoms with Crippen LogP contribution in [-0.4, -0.2) is 54.3 Å². The topological polar surface area (TPSA) is 35.9 Å². The van der Waals surface area contributed by atoms with E-state index in [-0.39, 0.29) is 6.61 Å². The van der Waals surface area contributed by atoms with Crippen LogP contribution in [0.3, 0.4) is 0 Å². The van der Waals surface area contributed by atoms with Crippen LogP contribution >= 0.6 is 0 Å². The fourth-order valence-corrected chi connectivity index (χ4v) is 3.77. The maximum Gasteiger partial charge on any atom is 0.119 e. The van der Waals surface area contributed by atoms with Crippen molar-refractivity contribution in [3.63, 3.8) is 0 Å². The van der Waals surface area contributed by atoms with Gasteiger partial charge in [-0.3, -0.25) is 9.80 Å². The van der Waals surface area contributed by atoms with E-state index < -0.39 is 0 Å². The predicted molar refractivity (Wildman–Crippen MR) is 105 cm³/mol. The average Bonchev–Trinajstić information content (AvgIpc) is 2.66. The Morgan fingerprint density at radius 2 is 1.92 bits per heavy atom. The fraction of sp³-hybridized carbons (Fsp3) is 0.455. The van der Waals surface area contributed by atoms with E-state index in [1.807, 2.05) is 12.1 Å². The predicted octanol–water partition coefficient (Wildman–Crippen LogP) is 3.07. The van der Waals surface area contributed by atoms with Crippen molar-refractivity contribution < 1.29 is 9.84 Å². The second kappa shape index (κ2) is 9.17. The van der Waals surface area contributed by atoms with Gasteiger partial charge in [-0.05, 0) is 42.2 Å². The molecule has 0 spiro atoms. The smallest absolute Gasteiger partial charge is 0.119 e. The molecule has 4 nitrogen and oxygen atoms in total. The number of piperazine rings is 1. The largest absolute Gasteiger partial charge is 0.497 e. The third-order valence-electron chi connectivity index (χ3n) is 5.33. The van der Waals surface area contributed by atoms with Crippen LogP contribution in [0.5, 0.6) is 5.75 Å². The van der Waals surface area contributed by atoms with Crippen LogP contribution in [0.15, 0.2) is 48.5 Å². The third kappa shape index (κ3) is 4.85. The molecular formula is C22H30N2O2. The van der Waals surface area contributed by atoms with E-state index in [4.69, 9.17) is 4.74 Å². The van der Waals surface area contributed by atoms with Gasteiger partial charge in [0.15, 0.2) is 0 Å². The highest BCUT2D eigenvalue weighted by molar-refractivity contribution is 5.28. The van der Waals surface area contributed by atoms with Gasteiger partial charge in [0.1, 0.15) is 5.75 Å². The fourth-order valence-electron chi connectivity index (χ4n) is 3.77. The quantitative estimate of drug-likeness (QED) is 0.829. The molecule has 140 valence electrons. The highest BCUT2D eigenvalue weighted by Gasteiger charge is 2.26. The summed E-state index contributed by atoms with van der Waals surface area (Å²) in [6, 6.07) is 17.3. The van der Waals surface area contributed by atoms with Crippen molar-refractivity contribution in [2.24, 2.45) is 0 Å². The van der Waals surface area contributed by atoms with Crippen molar-refractivity contribution in [1.29, 1.82) is 0 Å². The van der Waals surface area contributed by atoms with Crippen molar-refractivity contribution >= 4 is 0 Å². The molecule has 0 unspecified atom stereocenters. The number of aliphatic hydroxyl groups excluding tert-OH is 1. The summed E-state index contributed by atoms with van der Waals surface area (Å²) >= 11 is 0. The van der Waals surface area contributed by atoms with Crippen LogP contribution in [0.2, 0.25) is 0 Å². The van der Waals surface area contributed by atoms with Gasteiger partial charge in [0.05, 0.1) is 7.11 Å². The van der Waals surface area contributed by atoms with Crippen molar-refractivity contribution in [2.45, 2.75) is 32.5 Å². The van der Waals surface area contributed by atoms with Crippen LogP contribution < -0.4 is 4.74 Å². The minimum Gasteiger partial charge on any atom is -0.497 e. The molecule has 0 bridgehead atoms. The number of methoxy groups -OCH3 is 1. The number of rotatable bonds is 7. The monoisotopic (exact) mass is 354 g/mol. The summed E-state index contributed by atoms with van der Waals surface area (Å²) in [7, 11) is 1.71. The minimum atomic E-state index is 0.238. The van der Waals surface area contributed by atoms with Gasteiger partial charge < -0.3 is 9.84 Å². The molecule has 26 heavy (non-hydrogen) atoms. The molecule has 1 aliphatic heterocycles. The molecule has 1 N–H and O–H groups in total. The lowest BCUT2D eigenvalue weighted by molar-refractivity contribution is 0.0498. The molecular weight excluding hydrogens is 324 g/mol. The summed E-state index contributed by atoms with van der Waals surface area (Å²) in [6.07, 6.45) is 0.820. The van der Waals surface area contributed by atoms with Crippen LogP contribution in [0.1, 0.15) is 23.1 Å². The number of benzene rings is 2. The van der Waals surface area contributed by atoms with Gasteiger partial charge in [-0.25, -0.2) is 0 Å². The van der Waals surface area contributed by atoms with Gasteiger partial charge >= 0.3 is 0 Å². The van der Waals surface area contributed by atoms with E-state index in [0.717, 1.165) is 44.9 Å². The minimum absolute atomic E-state index is 0.238. The lowest BCUT2D eigenvalue weighted by Crippen LogP contribution is -2.52. The zero-order chi connectivity index (χ0) is 18.4. The first-order valence-electron chi connectivity index (χ1n) is 9.44. The summed E-state index contributed by atoms with van der Waals surface area (Å²) in [5.41, 5.74) is 4.00. The molecule has 1 aliphatic rings. The summed E-state index contributed by atoms with van der Waals surface area (Å²) in [4.78, 5) is 5.02. The molecule has 2 aromatic rings. The molecule has 2 aromatic carbocycles. The molecule has 3 rings (SSSR count). The lowest BCUT2D eigenvalue weighted by atomic mass is 10.0. The Morgan fingerprint density at radius 1 is 1.08 bits per heavy atom. The summed E-state index contributed by atoms with van der Waals surface area (Å²) < 4.78 is 5.34. The van der Waals surface area contributed by atoms with Gasteiger partial charge in [0, 0.05) is 45.4 Å². The third-order valence-corrected chi connectivity index (χ3v) is 5.33. The van der Waals surface area contributed by atoms with Crippen molar-refractivity contribution in [3.05, 3.63) is 65.2 Å². The molecule has 1 saturated heterocycles. The molecule has 0 saturated carbocycles. The number of ether oxygens (including phenoxy) is 1. The molecule has 4 heteroatoms. The highest BCUT2D eigenvalue weighted by Crippen LogP contribution is 2.21. The Labute approximate surface area is 157 Å². The van der Waals surface area contributed by atoms with Crippen molar-refractivity contribution in [2.75, 3.05) is 33.4 Å². The first kappa shape index (κ1) is 18.9. The summed E-state index contributed by atoms with van der Waals surface area (Å²) in [5.74, 6) is 0.910. The second-order valence-electron chi connectivity index (χ2n) is 7.15. The molecule has 1 fully saturated rings. The lowest BCUT2D eigenvalue weighted by Gasteiger charge is -2.41. The van der Waals surface area contributed by atoms with Crippen molar-refractivity contribution in [1.82, 2.24) is 9.80 Å². The van der Waals surface area contributed by atoms with Gasteiger partial charge in [-0.1, -0.05) is 36.4 Å². The summed E-state index contributed by atoms with van der Waals surface area (Å²) in [6.45, 7) is 7.37. The Kier molecular flexibility index (Phi) is 6.67. The molecule has 0 radical (unpaired) electrons.